The second-order valence-electron chi connectivity index (χ2n) is 6.27. The van der Waals surface area contributed by atoms with Crippen molar-refractivity contribution in [2.45, 2.75) is 44.9 Å². The molecule has 0 aromatic carbocycles. The van der Waals surface area contributed by atoms with Gasteiger partial charge in [0.2, 0.25) is 0 Å². The van der Waals surface area contributed by atoms with Gasteiger partial charge in [-0.05, 0) is 39.8 Å². The minimum Gasteiger partial charge on any atom is -0.393 e. The highest BCUT2D eigenvalue weighted by Crippen LogP contribution is 2.15. The third kappa shape index (κ3) is 5.12. The summed E-state index contributed by atoms with van der Waals surface area (Å²) in [6.45, 7) is 4.37. The number of hydrogen-bond donors (Lipinski definition) is 2. The first kappa shape index (κ1) is 18.6. The predicted octanol–water partition coefficient (Wildman–Crippen LogP) is 0.906. The molecule has 8 heteroatoms. The molecule has 0 aliphatic heterocycles. The summed E-state index contributed by atoms with van der Waals surface area (Å²) in [6, 6.07) is 0. The van der Waals surface area contributed by atoms with Gasteiger partial charge in [-0.25, -0.2) is 15.0 Å². The Bertz CT molecular complexity index is 630. The summed E-state index contributed by atoms with van der Waals surface area (Å²) in [5, 5.41) is 9.32. The fourth-order valence-electron chi connectivity index (χ4n) is 2.72. The van der Waals surface area contributed by atoms with Crippen LogP contribution in [0.4, 0.5) is 5.82 Å². The molecule has 2 aromatic heterocycles. The molecule has 0 radical (unpaired) electrons. The van der Waals surface area contributed by atoms with Crippen molar-refractivity contribution in [3.63, 3.8) is 0 Å². The number of nitrogen functional groups attached to an aromatic ring is 1. The van der Waals surface area contributed by atoms with Crippen LogP contribution in [-0.2, 0) is 11.3 Å². The molecule has 0 saturated carbocycles. The molecular formula is C16H28N6O2. The van der Waals surface area contributed by atoms with Crippen molar-refractivity contribution in [3.05, 3.63) is 12.7 Å². The molecule has 0 saturated heterocycles. The zero-order valence-corrected chi connectivity index (χ0v) is 14.7. The fraction of sp³-hybridized carbons (Fsp3) is 0.688. The van der Waals surface area contributed by atoms with Crippen LogP contribution in [-0.4, -0.2) is 69.0 Å². The van der Waals surface area contributed by atoms with E-state index in [1.165, 1.54) is 6.33 Å². The van der Waals surface area contributed by atoms with Gasteiger partial charge in [-0.2, -0.15) is 0 Å². The van der Waals surface area contributed by atoms with E-state index in [1.807, 2.05) is 11.5 Å². The minimum absolute atomic E-state index is 0.123. The highest BCUT2D eigenvalue weighted by atomic mass is 16.5. The summed E-state index contributed by atoms with van der Waals surface area (Å²) in [7, 11) is 3.81. The number of imidazole rings is 1. The summed E-state index contributed by atoms with van der Waals surface area (Å²) >= 11 is 0. The molecule has 0 aliphatic rings. The average Bonchev–Trinajstić information content (AvgIpc) is 2.95. The van der Waals surface area contributed by atoms with E-state index in [2.05, 4.69) is 26.9 Å². The quantitative estimate of drug-likeness (QED) is 0.664. The van der Waals surface area contributed by atoms with Crippen molar-refractivity contribution < 1.29 is 9.84 Å². The Balaban J connectivity index is 1.85. The first-order valence-corrected chi connectivity index (χ1v) is 8.32. The topological polar surface area (TPSA) is 102 Å². The van der Waals surface area contributed by atoms with Gasteiger partial charge < -0.3 is 25.0 Å². The van der Waals surface area contributed by atoms with Crippen molar-refractivity contribution in [3.8, 4) is 0 Å². The lowest BCUT2D eigenvalue weighted by atomic mass is 10.2. The van der Waals surface area contributed by atoms with E-state index in [4.69, 9.17) is 10.5 Å². The Hall–Kier alpha value is -1.77. The van der Waals surface area contributed by atoms with Crippen molar-refractivity contribution >= 4 is 17.0 Å². The molecule has 8 nitrogen and oxygen atoms in total. The number of ether oxygens (including phenoxy) is 1. The lowest BCUT2D eigenvalue weighted by Gasteiger charge is -2.23. The second-order valence-corrected chi connectivity index (χ2v) is 6.27. The van der Waals surface area contributed by atoms with E-state index in [9.17, 15) is 5.11 Å². The van der Waals surface area contributed by atoms with Gasteiger partial charge in [-0.3, -0.25) is 0 Å². The third-order valence-corrected chi connectivity index (χ3v) is 4.13. The Morgan fingerprint density at radius 2 is 2.12 bits per heavy atom. The molecule has 2 heterocycles. The maximum absolute atomic E-state index is 9.32. The molecule has 2 rings (SSSR count). The summed E-state index contributed by atoms with van der Waals surface area (Å²) in [5.41, 5.74) is 7.20. The van der Waals surface area contributed by atoms with E-state index < -0.39 is 0 Å². The minimum atomic E-state index is -0.236. The SMILES string of the molecule is COC(CCn1cnc2c(N)ncnc21)CN(C)CCCC(C)O. The van der Waals surface area contributed by atoms with E-state index in [1.54, 1.807) is 13.4 Å². The van der Waals surface area contributed by atoms with Gasteiger partial charge in [0, 0.05) is 20.2 Å². The Morgan fingerprint density at radius 1 is 1.33 bits per heavy atom. The number of aliphatic hydroxyl groups excluding tert-OH is 1. The number of hydrogen-bond acceptors (Lipinski definition) is 7. The maximum Gasteiger partial charge on any atom is 0.165 e. The van der Waals surface area contributed by atoms with Gasteiger partial charge in [0.25, 0.3) is 0 Å². The van der Waals surface area contributed by atoms with Crippen LogP contribution in [0.1, 0.15) is 26.2 Å². The number of aliphatic hydroxyl groups is 1. The standard InChI is InChI=1S/C16H28N6O2/c1-12(23)5-4-7-21(2)9-13(24-3)6-8-22-11-20-14-15(17)18-10-19-16(14)22/h10-13,23H,4-9H2,1-3H3,(H2,17,18,19). The van der Waals surface area contributed by atoms with Gasteiger partial charge >= 0.3 is 0 Å². The molecule has 0 fully saturated rings. The number of aryl methyl sites for hydroxylation is 1. The smallest absolute Gasteiger partial charge is 0.165 e. The lowest BCUT2D eigenvalue weighted by Crippen LogP contribution is -2.32. The van der Waals surface area contributed by atoms with Crippen LogP contribution in [0.2, 0.25) is 0 Å². The van der Waals surface area contributed by atoms with Crippen molar-refractivity contribution in [2.75, 3.05) is 33.0 Å². The number of likely N-dealkylation sites (N-methyl/N-ethyl adjacent to an activating group) is 1. The molecule has 0 spiro atoms. The van der Waals surface area contributed by atoms with Crippen LogP contribution in [0, 0.1) is 0 Å². The van der Waals surface area contributed by atoms with E-state index in [-0.39, 0.29) is 12.2 Å². The highest BCUT2D eigenvalue weighted by Gasteiger charge is 2.13. The van der Waals surface area contributed by atoms with Crippen molar-refractivity contribution in [2.24, 2.45) is 0 Å². The summed E-state index contributed by atoms with van der Waals surface area (Å²) in [5.74, 6) is 0.403. The second kappa shape index (κ2) is 8.91. The zero-order chi connectivity index (χ0) is 17.5. The zero-order valence-electron chi connectivity index (χ0n) is 14.7. The number of nitrogens with zero attached hydrogens (tertiary/aromatic N) is 5. The van der Waals surface area contributed by atoms with Gasteiger partial charge in [-0.15, -0.1) is 0 Å². The fourth-order valence-corrected chi connectivity index (χ4v) is 2.72. The number of nitrogens with two attached hydrogens (primary N) is 1. The predicted molar refractivity (Wildman–Crippen MR) is 93.6 cm³/mol. The van der Waals surface area contributed by atoms with E-state index in [0.717, 1.165) is 44.5 Å². The molecule has 0 bridgehead atoms. The molecule has 134 valence electrons. The van der Waals surface area contributed by atoms with Gasteiger partial charge in [0.05, 0.1) is 18.5 Å². The summed E-state index contributed by atoms with van der Waals surface area (Å²) in [6.07, 6.45) is 5.75. The normalized spacial score (nSPS) is 14.4. The van der Waals surface area contributed by atoms with Crippen LogP contribution < -0.4 is 5.73 Å². The molecule has 0 aliphatic carbocycles. The van der Waals surface area contributed by atoms with E-state index >= 15 is 0 Å². The first-order chi connectivity index (χ1) is 11.5. The number of methoxy groups -OCH3 is 1. The monoisotopic (exact) mass is 336 g/mol. The number of aromatic nitrogens is 4. The number of anilines is 1. The molecule has 0 amide bonds. The van der Waals surface area contributed by atoms with Crippen LogP contribution in [0.5, 0.6) is 0 Å². The van der Waals surface area contributed by atoms with Crippen LogP contribution in [0.3, 0.4) is 0 Å². The largest absolute Gasteiger partial charge is 0.393 e. The van der Waals surface area contributed by atoms with Crippen LogP contribution in [0.25, 0.3) is 11.2 Å². The molecule has 3 N–H and O–H groups in total. The lowest BCUT2D eigenvalue weighted by molar-refractivity contribution is 0.0609. The summed E-state index contributed by atoms with van der Waals surface area (Å²) < 4.78 is 7.58. The van der Waals surface area contributed by atoms with E-state index in [0.29, 0.717) is 11.3 Å². The Labute approximate surface area is 142 Å². The van der Waals surface area contributed by atoms with Gasteiger partial charge in [-0.1, -0.05) is 0 Å². The molecular weight excluding hydrogens is 308 g/mol. The Kier molecular flexibility index (Phi) is 6.89. The van der Waals surface area contributed by atoms with Gasteiger partial charge in [0.15, 0.2) is 11.5 Å². The first-order valence-electron chi connectivity index (χ1n) is 8.32. The number of rotatable bonds is 10. The van der Waals surface area contributed by atoms with Crippen LogP contribution in [0.15, 0.2) is 12.7 Å². The van der Waals surface area contributed by atoms with Gasteiger partial charge in [0.1, 0.15) is 11.8 Å². The molecule has 2 unspecified atom stereocenters. The third-order valence-electron chi connectivity index (χ3n) is 4.13. The maximum atomic E-state index is 9.32. The van der Waals surface area contributed by atoms with Crippen molar-refractivity contribution in [1.29, 1.82) is 0 Å². The average molecular weight is 336 g/mol. The molecule has 2 aromatic rings. The van der Waals surface area contributed by atoms with Crippen LogP contribution >= 0.6 is 0 Å². The highest BCUT2D eigenvalue weighted by molar-refractivity contribution is 5.80. The Morgan fingerprint density at radius 3 is 2.83 bits per heavy atom. The summed E-state index contributed by atoms with van der Waals surface area (Å²) in [4.78, 5) is 14.7. The molecule has 24 heavy (non-hydrogen) atoms. The number of fused-ring (bicyclic) bond motifs is 1. The molecule has 2 atom stereocenters. The van der Waals surface area contributed by atoms with Crippen molar-refractivity contribution in [1.82, 2.24) is 24.4 Å².